The van der Waals surface area contributed by atoms with Gasteiger partial charge in [0.1, 0.15) is 0 Å². The van der Waals surface area contributed by atoms with E-state index in [2.05, 4.69) is 30.8 Å². The summed E-state index contributed by atoms with van der Waals surface area (Å²) in [6.45, 7) is 4.39. The van der Waals surface area contributed by atoms with E-state index in [9.17, 15) is 9.18 Å². The Bertz CT molecular complexity index is 1490. The maximum Gasteiger partial charge on any atom is 0.354 e. The number of piperazine rings is 1. The van der Waals surface area contributed by atoms with Crippen molar-refractivity contribution >= 4 is 22.6 Å². The molecular weight excluding hydrogens is 487 g/mol. The molecule has 4 aromatic rings. The largest absolute Gasteiger partial charge is 0.477 e. The highest BCUT2D eigenvalue weighted by Crippen LogP contribution is 2.27. The Labute approximate surface area is 219 Å². The van der Waals surface area contributed by atoms with E-state index in [-0.39, 0.29) is 17.5 Å². The van der Waals surface area contributed by atoms with Gasteiger partial charge in [-0.25, -0.2) is 14.2 Å². The Balaban J connectivity index is 1.09. The number of carboxylic acid groups (broad SMARTS) is 1. The van der Waals surface area contributed by atoms with Crippen LogP contribution in [0.15, 0.2) is 54.9 Å². The first kappa shape index (κ1) is 25.2. The molecule has 3 heterocycles. The van der Waals surface area contributed by atoms with Crippen LogP contribution in [0.5, 0.6) is 11.8 Å². The van der Waals surface area contributed by atoms with Crippen LogP contribution < -0.4 is 9.64 Å². The van der Waals surface area contributed by atoms with E-state index in [4.69, 9.17) is 15.1 Å². The smallest absolute Gasteiger partial charge is 0.354 e. The number of aryl methyl sites for hydroxylation is 1. The number of H-pyrrole nitrogens is 1. The molecule has 0 atom stereocenters. The van der Waals surface area contributed by atoms with Crippen LogP contribution in [-0.4, -0.2) is 63.7 Å². The number of carboxylic acids is 1. The zero-order chi connectivity index (χ0) is 26.5. The lowest BCUT2D eigenvalue weighted by atomic mass is 10.1. The molecule has 1 aliphatic heterocycles. The van der Waals surface area contributed by atoms with Crippen molar-refractivity contribution in [3.63, 3.8) is 0 Å². The molecule has 2 N–H and O–H groups in total. The third kappa shape index (κ3) is 5.74. The number of aromatic carboxylic acids is 1. The lowest BCUT2D eigenvalue weighted by molar-refractivity contribution is 0.0689. The summed E-state index contributed by atoms with van der Waals surface area (Å²) in [4.78, 5) is 26.5. The molecule has 2 aromatic carbocycles. The molecule has 1 aliphatic rings. The Morgan fingerprint density at radius 1 is 1.13 bits per heavy atom. The van der Waals surface area contributed by atoms with Crippen molar-refractivity contribution in [3.8, 4) is 17.8 Å². The number of nitriles is 1. The van der Waals surface area contributed by atoms with Crippen LogP contribution in [0.3, 0.4) is 0 Å². The van der Waals surface area contributed by atoms with Gasteiger partial charge in [-0.15, -0.1) is 0 Å². The van der Waals surface area contributed by atoms with Crippen molar-refractivity contribution in [2.24, 2.45) is 0 Å². The second-order valence-corrected chi connectivity index (χ2v) is 9.22. The number of nitrogens with one attached hydrogen (secondary N) is 1. The van der Waals surface area contributed by atoms with Crippen molar-refractivity contribution in [2.45, 2.75) is 19.3 Å². The average Bonchev–Trinajstić information content (AvgIpc) is 3.34. The van der Waals surface area contributed by atoms with Gasteiger partial charge in [-0.3, -0.25) is 4.90 Å². The van der Waals surface area contributed by atoms with Crippen molar-refractivity contribution in [2.75, 3.05) is 37.6 Å². The van der Waals surface area contributed by atoms with E-state index in [1.165, 1.54) is 30.0 Å². The summed E-state index contributed by atoms with van der Waals surface area (Å²) in [5, 5.41) is 19.3. The highest BCUT2D eigenvalue weighted by Gasteiger charge is 2.19. The second kappa shape index (κ2) is 11.3. The van der Waals surface area contributed by atoms with E-state index >= 15 is 0 Å². The number of hydrogen-bond donors (Lipinski definition) is 2. The van der Waals surface area contributed by atoms with Gasteiger partial charge in [0.25, 0.3) is 0 Å². The number of nitrogens with zero attached hydrogens (tertiary/aromatic N) is 5. The van der Waals surface area contributed by atoms with Gasteiger partial charge in [0.2, 0.25) is 0 Å². The van der Waals surface area contributed by atoms with Gasteiger partial charge < -0.3 is 19.7 Å². The molecule has 1 saturated heterocycles. The highest BCUT2D eigenvalue weighted by molar-refractivity contribution is 5.85. The molecular formula is C28H27FN6O3. The maximum absolute atomic E-state index is 14.7. The monoisotopic (exact) mass is 514 g/mol. The number of unbranched alkanes of at least 4 members (excludes halogenated alkanes) is 1. The number of aromatic amines is 1. The van der Waals surface area contributed by atoms with E-state index in [1.807, 2.05) is 24.4 Å². The molecule has 194 valence electrons. The molecule has 2 aromatic heterocycles. The van der Waals surface area contributed by atoms with Crippen LogP contribution in [0.2, 0.25) is 0 Å². The first-order valence-electron chi connectivity index (χ1n) is 12.5. The summed E-state index contributed by atoms with van der Waals surface area (Å²) < 4.78 is 20.1. The summed E-state index contributed by atoms with van der Waals surface area (Å²) in [6.07, 6.45) is 6.41. The Hall–Kier alpha value is -4.49. The summed E-state index contributed by atoms with van der Waals surface area (Å²) >= 11 is 0. The minimum Gasteiger partial charge on any atom is -0.477 e. The van der Waals surface area contributed by atoms with Crippen LogP contribution >= 0.6 is 0 Å². The van der Waals surface area contributed by atoms with Crippen molar-refractivity contribution in [1.29, 1.82) is 5.26 Å². The third-order valence-electron chi connectivity index (χ3n) is 6.77. The SMILES string of the molecule is N#Cc1ccc2[nH]cc(CCCCN3CCN(c4ccc(Oc5nccc(C(=O)O)n5)c(F)c4)CC3)c2c1. The summed E-state index contributed by atoms with van der Waals surface area (Å²) in [6, 6.07) is 13.7. The molecule has 0 saturated carbocycles. The van der Waals surface area contributed by atoms with Crippen LogP contribution in [0.4, 0.5) is 10.1 Å². The van der Waals surface area contributed by atoms with E-state index in [0.29, 0.717) is 5.56 Å². The lowest BCUT2D eigenvalue weighted by Gasteiger charge is -2.36. The van der Waals surface area contributed by atoms with Crippen LogP contribution in [0, 0.1) is 17.1 Å². The normalized spacial score (nSPS) is 13.9. The Morgan fingerprint density at radius 3 is 2.74 bits per heavy atom. The summed E-state index contributed by atoms with van der Waals surface area (Å²) in [5.41, 5.74) is 3.53. The van der Waals surface area contributed by atoms with Crippen molar-refractivity contribution < 1.29 is 19.0 Å². The molecule has 0 aliphatic carbocycles. The number of anilines is 1. The fraction of sp³-hybridized carbons (Fsp3) is 0.286. The zero-order valence-electron chi connectivity index (χ0n) is 20.7. The van der Waals surface area contributed by atoms with Gasteiger partial charge in [0.15, 0.2) is 17.3 Å². The van der Waals surface area contributed by atoms with Gasteiger partial charge >= 0.3 is 12.0 Å². The summed E-state index contributed by atoms with van der Waals surface area (Å²) in [7, 11) is 0. The number of hydrogen-bond acceptors (Lipinski definition) is 7. The number of benzene rings is 2. The molecule has 38 heavy (non-hydrogen) atoms. The number of rotatable bonds is 9. The molecule has 10 heteroatoms. The molecule has 5 rings (SSSR count). The minimum atomic E-state index is -1.21. The molecule has 0 radical (unpaired) electrons. The number of halogens is 1. The van der Waals surface area contributed by atoms with Crippen LogP contribution in [0.1, 0.15) is 34.5 Å². The van der Waals surface area contributed by atoms with Crippen LogP contribution in [0.25, 0.3) is 10.9 Å². The van der Waals surface area contributed by atoms with Gasteiger partial charge in [-0.2, -0.15) is 10.2 Å². The third-order valence-corrected chi connectivity index (χ3v) is 6.77. The summed E-state index contributed by atoms with van der Waals surface area (Å²) in [5.74, 6) is -1.83. The molecule has 0 amide bonds. The van der Waals surface area contributed by atoms with E-state index < -0.39 is 11.8 Å². The van der Waals surface area contributed by atoms with E-state index in [1.54, 1.807) is 6.07 Å². The number of fused-ring (bicyclic) bond motifs is 1. The first-order chi connectivity index (χ1) is 18.5. The molecule has 0 spiro atoms. The predicted octanol–water partition coefficient (Wildman–Crippen LogP) is 4.60. The van der Waals surface area contributed by atoms with Gasteiger partial charge in [0.05, 0.1) is 11.6 Å². The topological polar surface area (TPSA) is 118 Å². The predicted molar refractivity (Wildman–Crippen MR) is 140 cm³/mol. The fourth-order valence-electron chi connectivity index (χ4n) is 4.71. The van der Waals surface area contributed by atoms with Gasteiger partial charge in [0, 0.05) is 61.2 Å². The standard InChI is InChI=1S/C28H27FN6O3/c29-23-16-21(5-7-26(23)38-28-31-9-8-25(33-28)27(36)37)35-13-11-34(12-14-35)10-2-1-3-20-18-32-24-6-4-19(17-30)15-22(20)24/h4-9,15-16,18,32H,1-3,10-14H2,(H,36,37). The lowest BCUT2D eigenvalue weighted by Crippen LogP contribution is -2.46. The molecule has 0 unspecified atom stereocenters. The number of carbonyl (C=O) groups is 1. The van der Waals surface area contributed by atoms with Gasteiger partial charge in [-0.1, -0.05) is 0 Å². The molecule has 0 bridgehead atoms. The Kier molecular flexibility index (Phi) is 7.47. The average molecular weight is 515 g/mol. The van der Waals surface area contributed by atoms with Crippen molar-refractivity contribution in [3.05, 3.63) is 77.5 Å². The zero-order valence-corrected chi connectivity index (χ0v) is 20.7. The number of ether oxygens (including phenoxy) is 1. The highest BCUT2D eigenvalue weighted by atomic mass is 19.1. The second-order valence-electron chi connectivity index (χ2n) is 9.22. The van der Waals surface area contributed by atoms with Gasteiger partial charge in [-0.05, 0) is 67.8 Å². The minimum absolute atomic E-state index is 0.0611. The van der Waals surface area contributed by atoms with Crippen molar-refractivity contribution in [1.82, 2.24) is 19.9 Å². The van der Waals surface area contributed by atoms with E-state index in [0.717, 1.165) is 68.6 Å². The molecule has 1 fully saturated rings. The fourth-order valence-corrected chi connectivity index (χ4v) is 4.71. The molecule has 9 nitrogen and oxygen atoms in total. The Morgan fingerprint density at radius 2 is 1.97 bits per heavy atom. The number of aromatic nitrogens is 3. The maximum atomic E-state index is 14.7. The van der Waals surface area contributed by atoms with Crippen LogP contribution in [-0.2, 0) is 6.42 Å². The quantitative estimate of drug-likeness (QED) is 0.311. The first-order valence-corrected chi connectivity index (χ1v) is 12.5.